The average molecular weight is 386 g/mol. The number of benzene rings is 1. The molecule has 1 aliphatic rings. The second-order valence-electron chi connectivity index (χ2n) is 6.49. The number of hydrogen-bond donors (Lipinski definition) is 1. The molecule has 2 rings (SSSR count). The molecule has 1 saturated heterocycles. The maximum atomic E-state index is 12.6. The van der Waals surface area contributed by atoms with E-state index in [2.05, 4.69) is 0 Å². The van der Waals surface area contributed by atoms with E-state index in [9.17, 15) is 27.6 Å². The van der Waals surface area contributed by atoms with Gasteiger partial charge in [0.05, 0.1) is 5.56 Å². The van der Waals surface area contributed by atoms with Crippen LogP contribution in [0.2, 0.25) is 0 Å². The largest absolute Gasteiger partial charge is 0.480 e. The van der Waals surface area contributed by atoms with E-state index in [0.717, 1.165) is 24.3 Å². The number of hydrogen-bond acceptors (Lipinski definition) is 3. The number of nitrogens with zero attached hydrogens (tertiary/aromatic N) is 2. The molecule has 2 amide bonds. The van der Waals surface area contributed by atoms with E-state index in [0.29, 0.717) is 32.4 Å². The summed E-state index contributed by atoms with van der Waals surface area (Å²) in [5.41, 5.74) is -0.656. The van der Waals surface area contributed by atoms with Crippen LogP contribution in [0.15, 0.2) is 24.3 Å². The maximum absolute atomic E-state index is 12.6. The third-order valence-electron chi connectivity index (χ3n) is 4.59. The minimum atomic E-state index is -4.46. The lowest BCUT2D eigenvalue weighted by atomic mass is 10.1. The maximum Gasteiger partial charge on any atom is 0.416 e. The van der Waals surface area contributed by atoms with Gasteiger partial charge in [0.2, 0.25) is 5.91 Å². The van der Waals surface area contributed by atoms with Crippen LogP contribution in [0.3, 0.4) is 0 Å². The zero-order valence-electron chi connectivity index (χ0n) is 14.8. The van der Waals surface area contributed by atoms with Crippen molar-refractivity contribution in [3.8, 4) is 0 Å². The number of likely N-dealkylation sites (tertiary alicyclic amines) is 1. The highest BCUT2D eigenvalue weighted by Gasteiger charge is 2.31. The molecular weight excluding hydrogens is 365 g/mol. The zero-order chi connectivity index (χ0) is 20.2. The molecule has 148 valence electrons. The first-order valence-corrected chi connectivity index (χ1v) is 8.55. The Labute approximate surface area is 154 Å². The third-order valence-corrected chi connectivity index (χ3v) is 4.59. The average Bonchev–Trinajstić information content (AvgIpc) is 2.84. The molecular formula is C18H21F3N2O4. The molecule has 1 atom stereocenters. The third kappa shape index (κ3) is 5.45. The zero-order valence-corrected chi connectivity index (χ0v) is 14.8. The molecule has 9 heteroatoms. The van der Waals surface area contributed by atoms with Crippen molar-refractivity contribution in [3.63, 3.8) is 0 Å². The van der Waals surface area contributed by atoms with Crippen molar-refractivity contribution in [2.45, 2.75) is 38.4 Å². The Morgan fingerprint density at radius 1 is 1.15 bits per heavy atom. The molecule has 6 nitrogen and oxygen atoms in total. The van der Waals surface area contributed by atoms with E-state index in [1.807, 2.05) is 0 Å². The summed E-state index contributed by atoms with van der Waals surface area (Å²) in [7, 11) is 0. The molecule has 27 heavy (non-hydrogen) atoms. The summed E-state index contributed by atoms with van der Waals surface area (Å²) in [6.45, 7) is 1.61. The minimum absolute atomic E-state index is 0.162. The molecule has 1 aliphatic heterocycles. The number of rotatable bonds is 4. The standard InChI is InChI=1S/C18H21F3N2O4/c1-12(24)23(11-16(25)26)15-3-2-9-22(10-8-15)17(27)13-4-6-14(7-5-13)18(19,20)21/h4-7,15H,2-3,8-11H2,1H3,(H,25,26). The lowest BCUT2D eigenvalue weighted by Crippen LogP contribution is -2.43. The van der Waals surface area contributed by atoms with Crippen molar-refractivity contribution >= 4 is 17.8 Å². The molecule has 1 heterocycles. The highest BCUT2D eigenvalue weighted by molar-refractivity contribution is 5.94. The number of halogens is 3. The number of aliphatic carboxylic acids is 1. The van der Waals surface area contributed by atoms with Gasteiger partial charge in [0.25, 0.3) is 5.91 Å². The summed E-state index contributed by atoms with van der Waals surface area (Å²) in [6, 6.07) is 3.76. The number of carbonyl (C=O) groups is 3. The smallest absolute Gasteiger partial charge is 0.416 e. The van der Waals surface area contributed by atoms with Crippen LogP contribution < -0.4 is 0 Å². The fourth-order valence-electron chi connectivity index (χ4n) is 3.22. The summed E-state index contributed by atoms with van der Waals surface area (Å²) >= 11 is 0. The van der Waals surface area contributed by atoms with Gasteiger partial charge in [0, 0.05) is 31.6 Å². The van der Waals surface area contributed by atoms with Crippen molar-refractivity contribution in [2.24, 2.45) is 0 Å². The number of alkyl halides is 3. The monoisotopic (exact) mass is 386 g/mol. The molecule has 0 bridgehead atoms. The first-order valence-electron chi connectivity index (χ1n) is 8.55. The highest BCUT2D eigenvalue weighted by atomic mass is 19.4. The van der Waals surface area contributed by atoms with Gasteiger partial charge in [0.15, 0.2) is 0 Å². The van der Waals surface area contributed by atoms with Crippen LogP contribution in [0.25, 0.3) is 0 Å². The van der Waals surface area contributed by atoms with Crippen LogP contribution in [0.1, 0.15) is 42.1 Å². The van der Waals surface area contributed by atoms with Gasteiger partial charge < -0.3 is 14.9 Å². The molecule has 1 aromatic carbocycles. The lowest BCUT2D eigenvalue weighted by Gasteiger charge is -2.28. The molecule has 1 fully saturated rings. The van der Waals surface area contributed by atoms with Crippen molar-refractivity contribution in [2.75, 3.05) is 19.6 Å². The Bertz CT molecular complexity index is 704. The van der Waals surface area contributed by atoms with Crippen molar-refractivity contribution in [1.82, 2.24) is 9.80 Å². The van der Waals surface area contributed by atoms with Crippen LogP contribution in [0.5, 0.6) is 0 Å². The molecule has 0 aromatic heterocycles. The van der Waals surface area contributed by atoms with E-state index < -0.39 is 24.3 Å². The summed E-state index contributed by atoms with van der Waals surface area (Å²) < 4.78 is 37.9. The second-order valence-corrected chi connectivity index (χ2v) is 6.49. The van der Waals surface area contributed by atoms with Gasteiger partial charge in [-0.1, -0.05) is 0 Å². The Morgan fingerprint density at radius 3 is 2.30 bits per heavy atom. The predicted molar refractivity (Wildman–Crippen MR) is 90.0 cm³/mol. The first-order chi connectivity index (χ1) is 12.6. The van der Waals surface area contributed by atoms with Crippen LogP contribution in [0.4, 0.5) is 13.2 Å². The summed E-state index contributed by atoms with van der Waals surface area (Å²) in [5, 5.41) is 8.96. The fraction of sp³-hybridized carbons (Fsp3) is 0.500. The van der Waals surface area contributed by atoms with Gasteiger partial charge in [-0.05, 0) is 43.5 Å². The van der Waals surface area contributed by atoms with E-state index in [4.69, 9.17) is 5.11 Å². The van der Waals surface area contributed by atoms with Gasteiger partial charge in [-0.2, -0.15) is 13.2 Å². The second kappa shape index (κ2) is 8.41. The van der Waals surface area contributed by atoms with Crippen molar-refractivity contribution in [1.29, 1.82) is 0 Å². The Balaban J connectivity index is 2.05. The molecule has 1 aromatic rings. The topological polar surface area (TPSA) is 77.9 Å². The van der Waals surface area contributed by atoms with Crippen LogP contribution in [-0.2, 0) is 15.8 Å². The lowest BCUT2D eigenvalue weighted by molar-refractivity contribution is -0.145. The molecule has 0 radical (unpaired) electrons. The summed E-state index contributed by atoms with van der Waals surface area (Å²) in [4.78, 5) is 38.1. The quantitative estimate of drug-likeness (QED) is 0.863. The normalized spacial score (nSPS) is 17.9. The molecule has 0 spiro atoms. The van der Waals surface area contributed by atoms with E-state index in [-0.39, 0.29) is 23.4 Å². The van der Waals surface area contributed by atoms with Crippen LogP contribution in [0, 0.1) is 0 Å². The van der Waals surface area contributed by atoms with Gasteiger partial charge in [0.1, 0.15) is 6.54 Å². The summed E-state index contributed by atoms with van der Waals surface area (Å²) in [5.74, 6) is -1.82. The number of carbonyl (C=O) groups excluding carboxylic acids is 2. The molecule has 1 N–H and O–H groups in total. The van der Waals surface area contributed by atoms with Gasteiger partial charge >= 0.3 is 12.1 Å². The Morgan fingerprint density at radius 2 is 1.78 bits per heavy atom. The number of amides is 2. The van der Waals surface area contributed by atoms with E-state index >= 15 is 0 Å². The van der Waals surface area contributed by atoms with Crippen molar-refractivity contribution in [3.05, 3.63) is 35.4 Å². The molecule has 1 unspecified atom stereocenters. The molecule has 0 saturated carbocycles. The SMILES string of the molecule is CC(=O)N(CC(=O)O)C1CCCN(C(=O)c2ccc(C(F)(F)F)cc2)CC1. The van der Waals surface area contributed by atoms with Crippen molar-refractivity contribution < 1.29 is 32.7 Å². The van der Waals surface area contributed by atoms with E-state index in [1.54, 1.807) is 0 Å². The Hall–Kier alpha value is -2.58. The van der Waals surface area contributed by atoms with E-state index in [1.165, 1.54) is 16.7 Å². The number of carboxylic acid groups (broad SMARTS) is 1. The Kier molecular flexibility index (Phi) is 6.45. The van der Waals surface area contributed by atoms with Gasteiger partial charge in [-0.25, -0.2) is 0 Å². The van der Waals surface area contributed by atoms with Crippen LogP contribution >= 0.6 is 0 Å². The van der Waals surface area contributed by atoms with Crippen LogP contribution in [-0.4, -0.2) is 58.4 Å². The number of carboxylic acids is 1. The van der Waals surface area contributed by atoms with Gasteiger partial charge in [-0.15, -0.1) is 0 Å². The fourth-order valence-corrected chi connectivity index (χ4v) is 3.22. The predicted octanol–water partition coefficient (Wildman–Crippen LogP) is 2.63. The molecule has 0 aliphatic carbocycles. The highest BCUT2D eigenvalue weighted by Crippen LogP contribution is 2.29. The van der Waals surface area contributed by atoms with Gasteiger partial charge in [-0.3, -0.25) is 14.4 Å². The summed E-state index contributed by atoms with van der Waals surface area (Å²) in [6.07, 6.45) is -2.92. The minimum Gasteiger partial charge on any atom is -0.480 e. The first kappa shape index (κ1) is 20.7.